The number of halogens is 3. The first-order chi connectivity index (χ1) is 11.2. The summed E-state index contributed by atoms with van der Waals surface area (Å²) in [5.41, 5.74) is 1.65. The maximum Gasteiger partial charge on any atom is 0.405 e. The lowest BCUT2D eigenvalue weighted by Crippen LogP contribution is -2.34. The third-order valence-electron chi connectivity index (χ3n) is 4.50. The van der Waals surface area contributed by atoms with Crippen LogP contribution in [0, 0.1) is 22.9 Å². The standard InChI is InChI=1S/C18H16F3NO2/c1-18(2)8-10-4-3-9(7-12(10)16(18)22-17(23)24)11-5-6-13(19)15(21)14(11)20/h3-7,16,22H,8H2,1-2H3,(H,23,24). The molecule has 1 atom stereocenters. The van der Waals surface area contributed by atoms with Gasteiger partial charge in [-0.15, -0.1) is 0 Å². The van der Waals surface area contributed by atoms with Crippen molar-refractivity contribution >= 4 is 6.09 Å². The van der Waals surface area contributed by atoms with E-state index in [2.05, 4.69) is 5.32 Å². The monoisotopic (exact) mass is 335 g/mol. The summed E-state index contributed by atoms with van der Waals surface area (Å²) in [6.45, 7) is 3.87. The van der Waals surface area contributed by atoms with Crippen molar-refractivity contribution in [3.05, 3.63) is 58.9 Å². The van der Waals surface area contributed by atoms with Crippen LogP contribution in [0.2, 0.25) is 0 Å². The van der Waals surface area contributed by atoms with Crippen LogP contribution in [-0.4, -0.2) is 11.2 Å². The maximum absolute atomic E-state index is 14.0. The molecule has 0 aromatic heterocycles. The van der Waals surface area contributed by atoms with Crippen LogP contribution in [-0.2, 0) is 6.42 Å². The summed E-state index contributed by atoms with van der Waals surface area (Å²) >= 11 is 0. The van der Waals surface area contributed by atoms with Crippen molar-refractivity contribution in [3.8, 4) is 11.1 Å². The molecule has 2 aromatic rings. The third-order valence-corrected chi connectivity index (χ3v) is 4.50. The van der Waals surface area contributed by atoms with E-state index in [1.54, 1.807) is 18.2 Å². The highest BCUT2D eigenvalue weighted by molar-refractivity contribution is 5.69. The average molecular weight is 335 g/mol. The number of fused-ring (bicyclic) bond motifs is 1. The number of hydrogen-bond acceptors (Lipinski definition) is 1. The quantitative estimate of drug-likeness (QED) is 0.784. The summed E-state index contributed by atoms with van der Waals surface area (Å²) < 4.78 is 40.6. The van der Waals surface area contributed by atoms with Gasteiger partial charge in [0.15, 0.2) is 17.5 Å². The molecule has 3 rings (SSSR count). The highest BCUT2D eigenvalue weighted by atomic mass is 19.2. The fourth-order valence-corrected chi connectivity index (χ4v) is 3.35. The summed E-state index contributed by atoms with van der Waals surface area (Å²) in [4.78, 5) is 11.1. The Morgan fingerprint density at radius 3 is 2.54 bits per heavy atom. The first-order valence-corrected chi connectivity index (χ1v) is 7.47. The predicted molar refractivity (Wildman–Crippen MR) is 83.1 cm³/mol. The normalized spacial score (nSPS) is 18.3. The molecule has 1 unspecified atom stereocenters. The lowest BCUT2D eigenvalue weighted by Gasteiger charge is -2.27. The molecule has 24 heavy (non-hydrogen) atoms. The summed E-state index contributed by atoms with van der Waals surface area (Å²) in [6.07, 6.45) is -0.487. The van der Waals surface area contributed by atoms with Crippen molar-refractivity contribution in [1.29, 1.82) is 0 Å². The van der Waals surface area contributed by atoms with Gasteiger partial charge in [0.05, 0.1) is 6.04 Å². The number of amides is 1. The lowest BCUT2D eigenvalue weighted by molar-refractivity contribution is 0.175. The number of rotatable bonds is 2. The van der Waals surface area contributed by atoms with Gasteiger partial charge in [-0.2, -0.15) is 0 Å². The first kappa shape index (κ1) is 16.4. The van der Waals surface area contributed by atoms with Gasteiger partial charge in [-0.1, -0.05) is 26.0 Å². The van der Waals surface area contributed by atoms with Crippen LogP contribution in [0.1, 0.15) is 31.0 Å². The Morgan fingerprint density at radius 1 is 1.17 bits per heavy atom. The topological polar surface area (TPSA) is 49.3 Å². The van der Waals surface area contributed by atoms with Gasteiger partial charge in [0, 0.05) is 5.56 Å². The number of hydrogen-bond donors (Lipinski definition) is 2. The van der Waals surface area contributed by atoms with E-state index in [1.165, 1.54) is 6.07 Å². The largest absolute Gasteiger partial charge is 0.465 e. The minimum atomic E-state index is -1.52. The molecule has 0 radical (unpaired) electrons. The summed E-state index contributed by atoms with van der Waals surface area (Å²) in [7, 11) is 0. The smallest absolute Gasteiger partial charge is 0.405 e. The Morgan fingerprint density at radius 2 is 1.88 bits per heavy atom. The summed E-state index contributed by atoms with van der Waals surface area (Å²) in [6, 6.07) is 6.64. The zero-order chi connectivity index (χ0) is 17.6. The van der Waals surface area contributed by atoms with Crippen LogP contribution in [0.15, 0.2) is 30.3 Å². The van der Waals surface area contributed by atoms with E-state index >= 15 is 0 Å². The fourth-order valence-electron chi connectivity index (χ4n) is 3.35. The van der Waals surface area contributed by atoms with Crippen molar-refractivity contribution in [1.82, 2.24) is 5.32 Å². The highest BCUT2D eigenvalue weighted by Gasteiger charge is 2.40. The second-order valence-electron chi connectivity index (χ2n) is 6.68. The maximum atomic E-state index is 14.0. The van der Waals surface area contributed by atoms with Crippen LogP contribution in [0.25, 0.3) is 11.1 Å². The van der Waals surface area contributed by atoms with Crippen LogP contribution in [0.4, 0.5) is 18.0 Å². The van der Waals surface area contributed by atoms with E-state index in [4.69, 9.17) is 5.11 Å². The van der Waals surface area contributed by atoms with Gasteiger partial charge >= 0.3 is 6.09 Å². The number of nitrogens with one attached hydrogen (secondary N) is 1. The van der Waals surface area contributed by atoms with Crippen LogP contribution >= 0.6 is 0 Å². The van der Waals surface area contributed by atoms with Crippen LogP contribution in [0.5, 0.6) is 0 Å². The molecule has 6 heteroatoms. The Bertz CT molecular complexity index is 833. The molecule has 0 saturated carbocycles. The van der Waals surface area contributed by atoms with Crippen molar-refractivity contribution in [2.45, 2.75) is 26.3 Å². The fraction of sp³-hybridized carbons (Fsp3) is 0.278. The van der Waals surface area contributed by atoms with Gasteiger partial charge in [-0.05, 0) is 46.7 Å². The van der Waals surface area contributed by atoms with Crippen molar-refractivity contribution in [2.75, 3.05) is 0 Å². The Labute approximate surface area is 137 Å². The third kappa shape index (κ3) is 2.62. The molecular weight excluding hydrogens is 319 g/mol. The van der Waals surface area contributed by atoms with Crippen molar-refractivity contribution < 1.29 is 23.1 Å². The molecule has 0 heterocycles. The minimum Gasteiger partial charge on any atom is -0.465 e. The van der Waals surface area contributed by atoms with E-state index in [-0.39, 0.29) is 11.0 Å². The van der Waals surface area contributed by atoms with E-state index in [1.807, 2.05) is 13.8 Å². The molecule has 2 aromatic carbocycles. The predicted octanol–water partition coefficient (Wildman–Crippen LogP) is 4.66. The highest BCUT2D eigenvalue weighted by Crippen LogP contribution is 2.46. The Kier molecular flexibility index (Phi) is 3.78. The summed E-state index contributed by atoms with van der Waals surface area (Å²) in [5, 5.41) is 11.6. The van der Waals surface area contributed by atoms with E-state index < -0.39 is 29.6 Å². The first-order valence-electron chi connectivity index (χ1n) is 7.47. The number of carbonyl (C=O) groups is 1. The molecule has 0 fully saturated rings. The molecule has 0 bridgehead atoms. The van der Waals surface area contributed by atoms with Gasteiger partial charge < -0.3 is 10.4 Å². The number of benzene rings is 2. The Hall–Kier alpha value is -2.50. The molecule has 2 N–H and O–H groups in total. The molecule has 1 aliphatic carbocycles. The van der Waals surface area contributed by atoms with Crippen LogP contribution < -0.4 is 5.32 Å². The zero-order valence-electron chi connectivity index (χ0n) is 13.2. The van der Waals surface area contributed by atoms with Crippen molar-refractivity contribution in [3.63, 3.8) is 0 Å². The van der Waals surface area contributed by atoms with Crippen LogP contribution in [0.3, 0.4) is 0 Å². The molecule has 0 aliphatic heterocycles. The average Bonchev–Trinajstić information content (AvgIpc) is 2.75. The molecule has 0 spiro atoms. The Balaban J connectivity index is 2.10. The second kappa shape index (κ2) is 5.54. The van der Waals surface area contributed by atoms with Gasteiger partial charge in [0.25, 0.3) is 0 Å². The van der Waals surface area contributed by atoms with Gasteiger partial charge in [0.1, 0.15) is 0 Å². The zero-order valence-corrected chi connectivity index (χ0v) is 13.2. The van der Waals surface area contributed by atoms with Gasteiger partial charge in [-0.3, -0.25) is 0 Å². The van der Waals surface area contributed by atoms with E-state index in [0.29, 0.717) is 12.0 Å². The second-order valence-corrected chi connectivity index (χ2v) is 6.68. The minimum absolute atomic E-state index is 0.0597. The molecule has 1 amide bonds. The lowest BCUT2D eigenvalue weighted by atomic mass is 9.85. The van der Waals surface area contributed by atoms with Gasteiger partial charge in [0.2, 0.25) is 0 Å². The number of carboxylic acid groups (broad SMARTS) is 1. The molecule has 126 valence electrons. The SMILES string of the molecule is CC1(C)Cc2ccc(-c3ccc(F)c(F)c3F)cc2C1NC(=O)O. The molecular formula is C18H16F3NO2. The summed E-state index contributed by atoms with van der Waals surface area (Å²) in [5.74, 6) is -4.02. The molecule has 0 saturated heterocycles. The van der Waals surface area contributed by atoms with Crippen molar-refractivity contribution in [2.24, 2.45) is 5.41 Å². The molecule has 3 nitrogen and oxygen atoms in total. The van der Waals surface area contributed by atoms with E-state index in [0.717, 1.165) is 17.2 Å². The van der Waals surface area contributed by atoms with Gasteiger partial charge in [-0.25, -0.2) is 18.0 Å². The molecule has 1 aliphatic rings. The van der Waals surface area contributed by atoms with E-state index in [9.17, 15) is 18.0 Å².